The summed E-state index contributed by atoms with van der Waals surface area (Å²) < 4.78 is 12.4. The Morgan fingerprint density at radius 3 is 2.54 bits per heavy atom. The van der Waals surface area contributed by atoms with E-state index < -0.39 is 0 Å². The van der Waals surface area contributed by atoms with Gasteiger partial charge >= 0.3 is 0 Å². The van der Waals surface area contributed by atoms with Crippen molar-refractivity contribution >= 4 is 28.3 Å². The van der Waals surface area contributed by atoms with Crippen molar-refractivity contribution in [1.29, 1.82) is 0 Å². The molecule has 0 saturated carbocycles. The number of furan rings is 1. The molecule has 0 aliphatic rings. The van der Waals surface area contributed by atoms with Crippen molar-refractivity contribution in [3.8, 4) is 5.75 Å². The maximum Gasteiger partial charge on any atom is 0.124 e. The van der Waals surface area contributed by atoms with E-state index >= 15 is 0 Å². The monoisotopic (exact) mass is 407 g/mol. The normalized spacial score (nSPS) is 10.2. The van der Waals surface area contributed by atoms with Gasteiger partial charge in [0.25, 0.3) is 0 Å². The van der Waals surface area contributed by atoms with Crippen molar-refractivity contribution in [2.24, 2.45) is 0 Å². The zero-order chi connectivity index (χ0) is 15.9. The molecular formula is C19H19BrClNO2. The average molecular weight is 409 g/mol. The maximum absolute atomic E-state index is 5.98. The number of hydrogen-bond donors (Lipinski definition) is 1. The fraction of sp³-hybridized carbons (Fsp3) is 0.158. The van der Waals surface area contributed by atoms with Crippen molar-refractivity contribution in [1.82, 2.24) is 5.32 Å². The third-order valence-corrected chi connectivity index (χ3v) is 3.95. The minimum absolute atomic E-state index is 0. The lowest BCUT2D eigenvalue weighted by atomic mass is 10.2. The molecule has 0 atom stereocenters. The smallest absolute Gasteiger partial charge is 0.124 e. The Morgan fingerprint density at radius 1 is 0.958 bits per heavy atom. The van der Waals surface area contributed by atoms with Gasteiger partial charge in [-0.3, -0.25) is 0 Å². The van der Waals surface area contributed by atoms with Crippen LogP contribution in [0.25, 0.3) is 0 Å². The van der Waals surface area contributed by atoms with Crippen molar-refractivity contribution in [2.75, 3.05) is 0 Å². The molecule has 0 unspecified atom stereocenters. The summed E-state index contributed by atoms with van der Waals surface area (Å²) in [7, 11) is 0. The van der Waals surface area contributed by atoms with Crippen LogP contribution >= 0.6 is 28.3 Å². The van der Waals surface area contributed by atoms with Crippen LogP contribution in [0.2, 0.25) is 0 Å². The largest absolute Gasteiger partial charge is 0.489 e. The van der Waals surface area contributed by atoms with E-state index in [2.05, 4.69) is 39.4 Å². The number of benzene rings is 2. The Balaban J connectivity index is 0.00000208. The lowest BCUT2D eigenvalue weighted by molar-refractivity contribution is 0.302. The fourth-order valence-electron chi connectivity index (χ4n) is 2.30. The molecule has 24 heavy (non-hydrogen) atoms. The highest BCUT2D eigenvalue weighted by Gasteiger charge is 2.06. The second-order valence-electron chi connectivity index (χ2n) is 5.21. The fourth-order valence-corrected chi connectivity index (χ4v) is 2.70. The zero-order valence-electron chi connectivity index (χ0n) is 13.1. The summed E-state index contributed by atoms with van der Waals surface area (Å²) >= 11 is 3.52. The van der Waals surface area contributed by atoms with Crippen LogP contribution in [0.5, 0.6) is 5.75 Å². The van der Waals surface area contributed by atoms with Crippen LogP contribution in [0.4, 0.5) is 0 Å². The van der Waals surface area contributed by atoms with Gasteiger partial charge in [-0.05, 0) is 35.9 Å². The van der Waals surface area contributed by atoms with Crippen LogP contribution in [-0.4, -0.2) is 0 Å². The molecule has 126 valence electrons. The second kappa shape index (κ2) is 9.52. The Labute approximate surface area is 156 Å². The SMILES string of the molecule is Brc1ccc(OCc2ccccc2)c(CNCc2ccco2)c1.Cl. The minimum atomic E-state index is 0. The van der Waals surface area contributed by atoms with E-state index in [-0.39, 0.29) is 12.4 Å². The number of rotatable bonds is 7. The third kappa shape index (κ3) is 5.41. The summed E-state index contributed by atoms with van der Waals surface area (Å²) in [4.78, 5) is 0. The van der Waals surface area contributed by atoms with E-state index in [9.17, 15) is 0 Å². The topological polar surface area (TPSA) is 34.4 Å². The molecule has 0 amide bonds. The third-order valence-electron chi connectivity index (χ3n) is 3.45. The first-order valence-electron chi connectivity index (χ1n) is 7.49. The van der Waals surface area contributed by atoms with Gasteiger partial charge in [0.2, 0.25) is 0 Å². The molecule has 3 nitrogen and oxygen atoms in total. The van der Waals surface area contributed by atoms with Crippen molar-refractivity contribution in [2.45, 2.75) is 19.7 Å². The number of ether oxygens (including phenoxy) is 1. The first-order chi connectivity index (χ1) is 11.3. The van der Waals surface area contributed by atoms with Gasteiger partial charge in [0.1, 0.15) is 18.1 Å². The highest BCUT2D eigenvalue weighted by molar-refractivity contribution is 9.10. The molecule has 2 aromatic carbocycles. The molecule has 1 aromatic heterocycles. The van der Waals surface area contributed by atoms with Crippen molar-refractivity contribution in [3.63, 3.8) is 0 Å². The van der Waals surface area contributed by atoms with Gasteiger partial charge in [-0.2, -0.15) is 0 Å². The van der Waals surface area contributed by atoms with Crippen molar-refractivity contribution < 1.29 is 9.15 Å². The lowest BCUT2D eigenvalue weighted by Crippen LogP contribution is -2.13. The molecule has 0 aliphatic heterocycles. The molecule has 0 aliphatic carbocycles. The van der Waals surface area contributed by atoms with E-state index in [1.807, 2.05) is 42.5 Å². The summed E-state index contributed by atoms with van der Waals surface area (Å²) in [6, 6.07) is 20.1. The molecular weight excluding hydrogens is 390 g/mol. The van der Waals surface area contributed by atoms with Crippen LogP contribution in [0.1, 0.15) is 16.9 Å². The quantitative estimate of drug-likeness (QED) is 0.573. The van der Waals surface area contributed by atoms with Crippen LogP contribution in [0.15, 0.2) is 75.8 Å². The second-order valence-corrected chi connectivity index (χ2v) is 6.12. The minimum Gasteiger partial charge on any atom is -0.489 e. The molecule has 1 N–H and O–H groups in total. The summed E-state index contributed by atoms with van der Waals surface area (Å²) in [6.07, 6.45) is 1.69. The maximum atomic E-state index is 5.98. The molecule has 0 radical (unpaired) electrons. The predicted molar refractivity (Wildman–Crippen MR) is 101 cm³/mol. The van der Waals surface area contributed by atoms with Crippen LogP contribution < -0.4 is 10.1 Å². The summed E-state index contributed by atoms with van der Waals surface area (Å²) in [5.41, 5.74) is 2.27. The van der Waals surface area contributed by atoms with E-state index in [0.29, 0.717) is 19.7 Å². The highest BCUT2D eigenvalue weighted by atomic mass is 79.9. The summed E-state index contributed by atoms with van der Waals surface area (Å²) in [6.45, 7) is 1.97. The predicted octanol–water partition coefficient (Wildman–Crippen LogP) is 5.33. The molecule has 0 spiro atoms. The zero-order valence-corrected chi connectivity index (χ0v) is 15.5. The summed E-state index contributed by atoms with van der Waals surface area (Å²) in [5, 5.41) is 3.38. The van der Waals surface area contributed by atoms with Gasteiger partial charge < -0.3 is 14.5 Å². The highest BCUT2D eigenvalue weighted by Crippen LogP contribution is 2.24. The molecule has 3 rings (SSSR count). The van der Waals surface area contributed by atoms with Gasteiger partial charge in [-0.15, -0.1) is 12.4 Å². The number of halogens is 2. The molecule has 5 heteroatoms. The average Bonchev–Trinajstić information content (AvgIpc) is 3.08. The molecule has 0 fully saturated rings. The first kappa shape index (κ1) is 18.6. The standard InChI is InChI=1S/C19H18BrNO2.ClH/c20-17-8-9-19(23-14-15-5-2-1-3-6-15)16(11-17)12-21-13-18-7-4-10-22-18;/h1-11,21H,12-14H2;1H. The number of nitrogens with one attached hydrogen (secondary N) is 1. The Kier molecular flexibility index (Phi) is 7.37. The van der Waals surface area contributed by atoms with E-state index in [4.69, 9.17) is 9.15 Å². The van der Waals surface area contributed by atoms with E-state index in [1.165, 1.54) is 0 Å². The van der Waals surface area contributed by atoms with Crippen molar-refractivity contribution in [3.05, 3.63) is 88.3 Å². The van der Waals surface area contributed by atoms with Gasteiger partial charge in [-0.1, -0.05) is 46.3 Å². The first-order valence-corrected chi connectivity index (χ1v) is 8.29. The van der Waals surface area contributed by atoms with Gasteiger partial charge in [0.05, 0.1) is 12.8 Å². The van der Waals surface area contributed by atoms with Gasteiger partial charge in [0, 0.05) is 16.6 Å². The molecule has 1 heterocycles. The van der Waals surface area contributed by atoms with E-state index in [0.717, 1.165) is 27.1 Å². The lowest BCUT2D eigenvalue weighted by Gasteiger charge is -2.13. The molecule has 0 saturated heterocycles. The number of hydrogen-bond acceptors (Lipinski definition) is 3. The Bertz CT molecular complexity index is 732. The van der Waals surface area contributed by atoms with Crippen LogP contribution in [-0.2, 0) is 19.7 Å². The Morgan fingerprint density at radius 2 is 1.79 bits per heavy atom. The Hall–Kier alpha value is -1.75. The van der Waals surface area contributed by atoms with Crippen LogP contribution in [0, 0.1) is 0 Å². The summed E-state index contributed by atoms with van der Waals surface area (Å²) in [5.74, 6) is 1.82. The van der Waals surface area contributed by atoms with Crippen LogP contribution in [0.3, 0.4) is 0 Å². The molecule has 3 aromatic rings. The van der Waals surface area contributed by atoms with Gasteiger partial charge in [-0.25, -0.2) is 0 Å². The van der Waals surface area contributed by atoms with Gasteiger partial charge in [0.15, 0.2) is 0 Å². The molecule has 0 bridgehead atoms. The van der Waals surface area contributed by atoms with E-state index in [1.54, 1.807) is 6.26 Å².